The Kier molecular flexibility index (Phi) is 28.4. The Balaban J connectivity index is 1.36. The van der Waals surface area contributed by atoms with Gasteiger partial charge in [-0.3, -0.25) is 14.4 Å². The second kappa shape index (κ2) is 33.7. The van der Waals surface area contributed by atoms with E-state index in [1.165, 1.54) is 6.92 Å². The second-order valence-electron chi connectivity index (χ2n) is 23.0. The number of aliphatic hydroxyl groups is 21. The van der Waals surface area contributed by atoms with E-state index in [1.807, 2.05) is 0 Å². The molecule has 25 N–H and O–H groups in total. The normalized spacial score (nSPS) is 44.0. The van der Waals surface area contributed by atoms with Gasteiger partial charge in [-0.25, -0.2) is 4.79 Å². The summed E-state index contributed by atoms with van der Waals surface area (Å²) in [6, 6.07) is -5.45. The van der Waals surface area contributed by atoms with Crippen LogP contribution >= 0.6 is 0 Å². The van der Waals surface area contributed by atoms with Crippen molar-refractivity contribution >= 4 is 23.7 Å². The Hall–Kier alpha value is -3.44. The molecular weight excluding hydrogens is 1260 g/mol. The zero-order valence-corrected chi connectivity index (χ0v) is 49.7. The summed E-state index contributed by atoms with van der Waals surface area (Å²) in [6.45, 7) is -4.16. The number of ether oxygens (including phenoxy) is 12. The van der Waals surface area contributed by atoms with Crippen molar-refractivity contribution in [2.45, 2.75) is 248 Å². The number of carboxylic acid groups (broad SMARTS) is 1. The van der Waals surface area contributed by atoms with E-state index in [-0.39, 0.29) is 0 Å². The van der Waals surface area contributed by atoms with E-state index in [9.17, 15) is 132 Å². The zero-order chi connectivity index (χ0) is 68.7. The number of aliphatic carboxylic acids is 1. The van der Waals surface area contributed by atoms with Crippen molar-refractivity contribution in [3.05, 3.63) is 0 Å². The van der Waals surface area contributed by atoms with Gasteiger partial charge < -0.3 is 185 Å². The van der Waals surface area contributed by atoms with Crippen LogP contribution in [0, 0.1) is 0 Å². The SMILES string of the molecule is CC(=O)N[C@H]1[C@@H](O[C@H]2[C@@H](O)[C@@H](CO)O[C@@H](O[C@H]3[C@@H](O)[C@@H](CO)O[C@@H](O[C@@H]([C@@H](O)[C@H](O)CO[C@]4(C(=O)O)C[C@H](O)[C@@H](NC(C)=O)[C@H]([C@H](O)[C@H](O)CO)O4)[C@H](CO)NC(C)=O)[C@@H]3O)[C@@H]2O[C@@H]2O[C@@H](C)[C@@H](O)[C@@H](O)[C@@H]2O)O[C@H](CO)[C@H](O)[C@@H]1O[C@H]1O[C@H](CO)[C@H](O)[C@H](O)[C@H]1O. The van der Waals surface area contributed by atoms with E-state index in [4.69, 9.17) is 56.8 Å². The summed E-state index contributed by atoms with van der Waals surface area (Å²) >= 11 is 0. The van der Waals surface area contributed by atoms with Gasteiger partial charge in [-0.2, -0.15) is 0 Å². The van der Waals surface area contributed by atoms with Crippen molar-refractivity contribution < 1.29 is 188 Å². The van der Waals surface area contributed by atoms with Gasteiger partial charge in [0.25, 0.3) is 5.79 Å². The quantitative estimate of drug-likeness (QED) is 0.0346. The highest BCUT2D eigenvalue weighted by molar-refractivity contribution is 5.77. The van der Waals surface area contributed by atoms with Gasteiger partial charge in [0, 0.05) is 27.2 Å². The third kappa shape index (κ3) is 17.4. The molecule has 3 amide bonds. The molecule has 6 aliphatic rings. The third-order valence-corrected chi connectivity index (χ3v) is 16.3. The Morgan fingerprint density at radius 3 is 1.50 bits per heavy atom. The van der Waals surface area contributed by atoms with Crippen molar-refractivity contribution in [1.29, 1.82) is 0 Å². The molecule has 534 valence electrons. The van der Waals surface area contributed by atoms with Gasteiger partial charge in [-0.1, -0.05) is 0 Å². The molecule has 0 aromatic carbocycles. The van der Waals surface area contributed by atoms with Crippen molar-refractivity contribution in [2.24, 2.45) is 0 Å². The van der Waals surface area contributed by atoms with Gasteiger partial charge in [0.1, 0.15) is 153 Å². The number of hydrogen-bond donors (Lipinski definition) is 25. The van der Waals surface area contributed by atoms with Gasteiger partial charge in [0.15, 0.2) is 31.5 Å². The first-order valence-electron chi connectivity index (χ1n) is 29.0. The summed E-state index contributed by atoms with van der Waals surface area (Å²) in [5.41, 5.74) is 0. The minimum Gasteiger partial charge on any atom is -0.477 e. The Morgan fingerprint density at radius 1 is 0.500 bits per heavy atom. The highest BCUT2D eigenvalue weighted by atomic mass is 16.8. The summed E-state index contributed by atoms with van der Waals surface area (Å²) < 4.78 is 70.0. The minimum atomic E-state index is -3.12. The summed E-state index contributed by atoms with van der Waals surface area (Å²) in [5, 5.41) is 247. The molecule has 0 aromatic rings. The Bertz CT molecular complexity index is 2340. The van der Waals surface area contributed by atoms with Crippen molar-refractivity contribution in [3.63, 3.8) is 0 Å². The predicted octanol–water partition coefficient (Wildman–Crippen LogP) is -16.0. The molecule has 0 saturated carbocycles. The zero-order valence-electron chi connectivity index (χ0n) is 49.7. The molecule has 6 aliphatic heterocycles. The van der Waals surface area contributed by atoms with Crippen molar-refractivity contribution in [1.82, 2.24) is 16.0 Å². The van der Waals surface area contributed by atoms with Crippen LogP contribution in [0.3, 0.4) is 0 Å². The van der Waals surface area contributed by atoms with E-state index < -0.39 is 290 Å². The molecule has 6 saturated heterocycles. The predicted molar refractivity (Wildman–Crippen MR) is 285 cm³/mol. The fourth-order valence-corrected chi connectivity index (χ4v) is 11.3. The number of carboxylic acids is 1. The lowest BCUT2D eigenvalue weighted by atomic mass is 9.88. The van der Waals surface area contributed by atoms with Gasteiger partial charge in [0.05, 0.1) is 70.5 Å². The maximum absolute atomic E-state index is 12.9. The molecule has 0 radical (unpaired) electrons. The van der Waals surface area contributed by atoms with Gasteiger partial charge in [0.2, 0.25) is 17.7 Å². The molecule has 35 atom stereocenters. The molecule has 41 heteroatoms. The maximum Gasteiger partial charge on any atom is 0.364 e. The average molecular weight is 1350 g/mol. The van der Waals surface area contributed by atoms with Crippen LogP contribution < -0.4 is 16.0 Å². The lowest BCUT2D eigenvalue weighted by Crippen LogP contribution is -2.71. The van der Waals surface area contributed by atoms with Gasteiger partial charge >= 0.3 is 5.97 Å². The molecule has 92 heavy (non-hydrogen) atoms. The Morgan fingerprint density at radius 2 is 0.967 bits per heavy atom. The molecule has 0 aromatic heterocycles. The number of rotatable bonds is 28. The summed E-state index contributed by atoms with van der Waals surface area (Å²) in [5.74, 6) is -7.91. The number of carbonyl (C=O) groups excluding carboxylic acids is 3. The number of nitrogens with one attached hydrogen (secondary N) is 3. The van der Waals surface area contributed by atoms with Gasteiger partial charge in [-0.05, 0) is 6.92 Å². The molecule has 6 heterocycles. The summed E-state index contributed by atoms with van der Waals surface area (Å²) in [4.78, 5) is 50.4. The van der Waals surface area contributed by atoms with Crippen LogP contribution in [0.2, 0.25) is 0 Å². The van der Waals surface area contributed by atoms with E-state index in [0.717, 1.165) is 20.8 Å². The smallest absolute Gasteiger partial charge is 0.364 e. The third-order valence-electron chi connectivity index (χ3n) is 16.3. The molecule has 41 nitrogen and oxygen atoms in total. The molecule has 6 fully saturated rings. The first-order valence-corrected chi connectivity index (χ1v) is 29.0. The summed E-state index contributed by atoms with van der Waals surface area (Å²) in [7, 11) is 0. The first kappa shape index (κ1) is 77.6. The van der Waals surface area contributed by atoms with E-state index >= 15 is 0 Å². The number of amides is 3. The molecule has 0 spiro atoms. The van der Waals surface area contributed by atoms with Crippen LogP contribution in [0.25, 0.3) is 0 Å². The maximum atomic E-state index is 12.9. The van der Waals surface area contributed by atoms with E-state index in [2.05, 4.69) is 16.0 Å². The van der Waals surface area contributed by atoms with Crippen LogP contribution in [0.5, 0.6) is 0 Å². The highest BCUT2D eigenvalue weighted by Crippen LogP contribution is 2.39. The van der Waals surface area contributed by atoms with Crippen LogP contribution in [0.4, 0.5) is 0 Å². The van der Waals surface area contributed by atoms with Crippen molar-refractivity contribution in [2.75, 3.05) is 46.2 Å². The molecule has 0 bridgehead atoms. The van der Waals surface area contributed by atoms with Crippen molar-refractivity contribution in [3.8, 4) is 0 Å². The highest BCUT2D eigenvalue weighted by Gasteiger charge is 2.60. The van der Waals surface area contributed by atoms with Gasteiger partial charge in [-0.15, -0.1) is 0 Å². The van der Waals surface area contributed by atoms with Crippen LogP contribution in [-0.2, 0) is 76.0 Å². The topological polar surface area (TPSA) is 660 Å². The molecular formula is C51H87N3O38. The number of aliphatic hydroxyl groups excluding tert-OH is 21. The standard InChI is InChI=1S/C51H87N3O38/c1-13-27(67)34(74)36(76)46(82-13)91-44-43(90-45-26(54-16(4)63)40(31(71)22(9-58)83-45)88-47-37(77)35(75)30(70)21(8-57)84-47)33(73)24(11-60)86-49(44)89-42-32(72)23(10-59)85-48(38(42)78)87-39(17(6-55)52-14(2)61)29(69)20(66)12-81-51(50(79)80)5-18(64)25(53-15(3)62)41(92-51)28(68)19(65)7-56/h13,17-49,55-60,64-78H,5-12H2,1-4H3,(H,52,61)(H,53,62)(H,54,63)(H,79,80)/t13-,17-,18-,19+,20+,21+,22+,23+,24+,25+,26+,27+,28+,29-,30-,31-,32-,33-,34+,35-,36-,37+,38+,39+,40+,41+,42-,43-,44+,45+,46-,47+,48-,49-,51+/m0/s1. The number of carbonyl (C=O) groups is 4. The lowest BCUT2D eigenvalue weighted by molar-refractivity contribution is -0.405. The average Bonchev–Trinajstić information content (AvgIpc) is 0.784. The largest absolute Gasteiger partial charge is 0.477 e. The monoisotopic (exact) mass is 1350 g/mol. The fourth-order valence-electron chi connectivity index (χ4n) is 11.3. The number of hydrogen-bond acceptors (Lipinski definition) is 37. The first-order chi connectivity index (χ1) is 43.2. The molecule has 0 unspecified atom stereocenters. The summed E-state index contributed by atoms with van der Waals surface area (Å²) in [6.07, 6.45) is -66.8. The molecule has 6 rings (SSSR count). The lowest BCUT2D eigenvalue weighted by Gasteiger charge is -2.51. The second-order valence-corrected chi connectivity index (χ2v) is 23.0. The van der Waals surface area contributed by atoms with E-state index in [1.54, 1.807) is 0 Å². The fraction of sp³-hybridized carbons (Fsp3) is 0.922. The van der Waals surface area contributed by atoms with Crippen LogP contribution in [-0.4, -0.2) is 396 Å². The Labute approximate surface area is 521 Å². The van der Waals surface area contributed by atoms with E-state index in [0.29, 0.717) is 0 Å². The van der Waals surface area contributed by atoms with Crippen LogP contribution in [0.1, 0.15) is 34.1 Å². The van der Waals surface area contributed by atoms with Crippen LogP contribution in [0.15, 0.2) is 0 Å². The molecule has 0 aliphatic carbocycles. The minimum absolute atomic E-state index is 0.838.